The minimum absolute atomic E-state index is 0.495. The van der Waals surface area contributed by atoms with Gasteiger partial charge in [0.15, 0.2) is 6.10 Å². The van der Waals surface area contributed by atoms with Crippen LogP contribution in [0.15, 0.2) is 0 Å². The summed E-state index contributed by atoms with van der Waals surface area (Å²) >= 11 is 0. The quantitative estimate of drug-likeness (QED) is 0.724. The molecule has 1 amide bonds. The molecule has 0 unspecified atom stereocenters. The summed E-state index contributed by atoms with van der Waals surface area (Å²) in [6.07, 6.45) is -0.214. The molecule has 0 aromatic rings. The van der Waals surface area contributed by atoms with Gasteiger partial charge in [0.1, 0.15) is 0 Å². The zero-order valence-electron chi connectivity index (χ0n) is 11.0. The molecule has 5 heteroatoms. The largest absolute Gasteiger partial charge is 0.465 e. The number of amides is 1. The van der Waals surface area contributed by atoms with Crippen LogP contribution in [0.4, 0.5) is 4.79 Å². The van der Waals surface area contributed by atoms with E-state index in [1.54, 1.807) is 26.8 Å². The highest BCUT2D eigenvalue weighted by Crippen LogP contribution is 2.23. The Hall–Kier alpha value is -1.28. The molecule has 98 valence electrons. The first-order chi connectivity index (χ1) is 7.75. The molecule has 0 saturated heterocycles. The molecular weight excluding hydrogens is 220 g/mol. The Morgan fingerprint density at radius 1 is 1.47 bits per heavy atom. The van der Waals surface area contributed by atoms with Gasteiger partial charge in [-0.1, -0.05) is 19.8 Å². The van der Waals surface area contributed by atoms with Gasteiger partial charge in [0.2, 0.25) is 0 Å². The van der Waals surface area contributed by atoms with E-state index in [2.05, 4.69) is 0 Å². The van der Waals surface area contributed by atoms with E-state index in [1.807, 2.05) is 6.92 Å². The van der Waals surface area contributed by atoms with Gasteiger partial charge in [0.25, 0.3) is 0 Å². The fourth-order valence-electron chi connectivity index (χ4n) is 1.85. The lowest BCUT2D eigenvalue weighted by Gasteiger charge is -2.40. The fraction of sp³-hybridized carbons (Fsp3) is 0.833. The maximum absolute atomic E-state index is 11.3. The summed E-state index contributed by atoms with van der Waals surface area (Å²) < 4.78 is 0. The molecule has 0 saturated carbocycles. The Morgan fingerprint density at radius 2 is 2.00 bits per heavy atom. The van der Waals surface area contributed by atoms with Crippen LogP contribution in [0.5, 0.6) is 0 Å². The molecule has 0 aliphatic rings. The van der Waals surface area contributed by atoms with E-state index >= 15 is 0 Å². The third-order valence-corrected chi connectivity index (χ3v) is 2.61. The van der Waals surface area contributed by atoms with Gasteiger partial charge in [-0.2, -0.15) is 5.26 Å². The summed E-state index contributed by atoms with van der Waals surface area (Å²) in [5, 5.41) is 27.7. The number of hydrogen-bond acceptors (Lipinski definition) is 3. The Bertz CT molecular complexity index is 291. The van der Waals surface area contributed by atoms with Crippen molar-refractivity contribution in [2.75, 3.05) is 0 Å². The van der Waals surface area contributed by atoms with Crippen molar-refractivity contribution in [3.05, 3.63) is 0 Å². The Morgan fingerprint density at radius 3 is 2.29 bits per heavy atom. The molecule has 0 radical (unpaired) electrons. The van der Waals surface area contributed by atoms with Gasteiger partial charge in [-0.15, -0.1) is 0 Å². The predicted molar refractivity (Wildman–Crippen MR) is 64.5 cm³/mol. The first-order valence-electron chi connectivity index (χ1n) is 5.85. The molecule has 5 nitrogen and oxygen atoms in total. The number of aliphatic hydroxyl groups excluding tert-OH is 1. The summed E-state index contributed by atoms with van der Waals surface area (Å²) in [5.41, 5.74) is -0.637. The molecule has 0 rings (SSSR count). The van der Waals surface area contributed by atoms with E-state index in [-0.39, 0.29) is 0 Å². The van der Waals surface area contributed by atoms with Crippen LogP contribution in [0.3, 0.4) is 0 Å². The van der Waals surface area contributed by atoms with Gasteiger partial charge in [0.05, 0.1) is 12.1 Å². The van der Waals surface area contributed by atoms with Gasteiger partial charge in [0, 0.05) is 5.54 Å². The summed E-state index contributed by atoms with van der Waals surface area (Å²) in [5.74, 6) is 0. The molecule has 0 aromatic carbocycles. The molecule has 0 bridgehead atoms. The standard InChI is InChI=1S/C12H22N2O3/c1-5-6-7-9(10(15)8-13)14(11(16)17)12(2,3)4/h9-10,15H,5-7H2,1-4H3,(H,16,17)/t9-,10-/m0/s1. The van der Waals surface area contributed by atoms with Crippen LogP contribution >= 0.6 is 0 Å². The lowest BCUT2D eigenvalue weighted by atomic mass is 9.97. The van der Waals surface area contributed by atoms with Gasteiger partial charge in [-0.05, 0) is 27.2 Å². The zero-order chi connectivity index (χ0) is 13.6. The molecule has 17 heavy (non-hydrogen) atoms. The number of nitrogens with zero attached hydrogens (tertiary/aromatic N) is 2. The van der Waals surface area contributed by atoms with Crippen molar-refractivity contribution in [2.45, 2.75) is 64.6 Å². The second-order valence-corrected chi connectivity index (χ2v) is 5.11. The molecule has 0 fully saturated rings. The number of aliphatic hydroxyl groups is 1. The second kappa shape index (κ2) is 6.45. The van der Waals surface area contributed by atoms with Crippen LogP contribution in [0.2, 0.25) is 0 Å². The molecular formula is C12H22N2O3. The van der Waals surface area contributed by atoms with Crippen molar-refractivity contribution in [3.8, 4) is 6.07 Å². The van der Waals surface area contributed by atoms with Crippen molar-refractivity contribution in [1.29, 1.82) is 5.26 Å². The highest BCUT2D eigenvalue weighted by molar-refractivity contribution is 5.66. The van der Waals surface area contributed by atoms with Gasteiger partial charge in [-0.25, -0.2) is 4.79 Å². The second-order valence-electron chi connectivity index (χ2n) is 5.11. The normalized spacial score (nSPS) is 14.8. The highest BCUT2D eigenvalue weighted by atomic mass is 16.4. The molecule has 2 atom stereocenters. The monoisotopic (exact) mass is 242 g/mol. The highest BCUT2D eigenvalue weighted by Gasteiger charge is 2.36. The van der Waals surface area contributed by atoms with E-state index < -0.39 is 23.8 Å². The average Bonchev–Trinajstić information content (AvgIpc) is 2.20. The summed E-state index contributed by atoms with van der Waals surface area (Å²) in [6, 6.07) is 1.06. The minimum atomic E-state index is -1.28. The molecule has 0 aliphatic carbocycles. The number of hydrogen-bond donors (Lipinski definition) is 2. The maximum Gasteiger partial charge on any atom is 0.408 e. The third kappa shape index (κ3) is 4.61. The average molecular weight is 242 g/mol. The smallest absolute Gasteiger partial charge is 0.408 e. The molecule has 0 aliphatic heterocycles. The molecule has 2 N–H and O–H groups in total. The number of unbranched alkanes of at least 4 members (excludes halogenated alkanes) is 1. The van der Waals surface area contributed by atoms with Crippen LogP contribution in [0.25, 0.3) is 0 Å². The van der Waals surface area contributed by atoms with E-state index in [4.69, 9.17) is 5.26 Å². The maximum atomic E-state index is 11.3. The summed E-state index contributed by atoms with van der Waals surface area (Å²) in [7, 11) is 0. The summed E-state index contributed by atoms with van der Waals surface area (Å²) in [4.78, 5) is 12.5. The van der Waals surface area contributed by atoms with Gasteiger partial charge >= 0.3 is 6.09 Å². The number of carbonyl (C=O) groups is 1. The lowest BCUT2D eigenvalue weighted by Crippen LogP contribution is -2.55. The first kappa shape index (κ1) is 15.7. The first-order valence-corrected chi connectivity index (χ1v) is 5.85. The topological polar surface area (TPSA) is 84.6 Å². The van der Waals surface area contributed by atoms with Crippen molar-refractivity contribution in [3.63, 3.8) is 0 Å². The Kier molecular flexibility index (Phi) is 5.97. The van der Waals surface area contributed by atoms with Gasteiger partial charge in [-0.3, -0.25) is 4.90 Å². The number of rotatable bonds is 5. The predicted octanol–water partition coefficient (Wildman–Crippen LogP) is 2.21. The van der Waals surface area contributed by atoms with E-state index in [9.17, 15) is 15.0 Å². The minimum Gasteiger partial charge on any atom is -0.465 e. The molecule has 0 heterocycles. The number of carboxylic acid groups (broad SMARTS) is 1. The van der Waals surface area contributed by atoms with Crippen LogP contribution in [-0.2, 0) is 0 Å². The Labute approximate surface area is 103 Å². The van der Waals surface area contributed by atoms with Crippen LogP contribution in [-0.4, -0.2) is 38.9 Å². The third-order valence-electron chi connectivity index (χ3n) is 2.61. The van der Waals surface area contributed by atoms with E-state index in [0.717, 1.165) is 12.8 Å². The molecule has 0 spiro atoms. The lowest BCUT2D eigenvalue weighted by molar-refractivity contribution is 0.0224. The SMILES string of the molecule is CCCC[C@@H]([C@@H](O)C#N)N(C(=O)O)C(C)(C)C. The van der Waals surface area contributed by atoms with Crippen molar-refractivity contribution in [2.24, 2.45) is 0 Å². The van der Waals surface area contributed by atoms with Crippen LogP contribution in [0.1, 0.15) is 47.0 Å². The van der Waals surface area contributed by atoms with Crippen LogP contribution < -0.4 is 0 Å². The van der Waals surface area contributed by atoms with E-state index in [0.29, 0.717) is 6.42 Å². The zero-order valence-corrected chi connectivity index (χ0v) is 11.0. The van der Waals surface area contributed by atoms with Gasteiger partial charge < -0.3 is 10.2 Å². The van der Waals surface area contributed by atoms with Crippen LogP contribution in [0, 0.1) is 11.3 Å². The van der Waals surface area contributed by atoms with Crippen molar-refractivity contribution < 1.29 is 15.0 Å². The summed E-state index contributed by atoms with van der Waals surface area (Å²) in [6.45, 7) is 7.25. The van der Waals surface area contributed by atoms with Crippen molar-refractivity contribution >= 4 is 6.09 Å². The Balaban J connectivity index is 5.09. The van der Waals surface area contributed by atoms with Crippen molar-refractivity contribution in [1.82, 2.24) is 4.90 Å². The fourth-order valence-corrected chi connectivity index (χ4v) is 1.85. The molecule has 0 aromatic heterocycles. The number of nitriles is 1. The van der Waals surface area contributed by atoms with E-state index in [1.165, 1.54) is 4.90 Å².